The molecule has 3 unspecified atom stereocenters. The summed E-state index contributed by atoms with van der Waals surface area (Å²) in [5, 5.41) is 40.9. The minimum Gasteiger partial charge on any atom is -0.461 e. The Bertz CT molecular complexity index is 1200. The average molecular weight is 513 g/mol. The predicted molar refractivity (Wildman–Crippen MR) is 129 cm³/mol. The van der Waals surface area contributed by atoms with Crippen LogP contribution < -0.4 is 0 Å². The molecule has 37 heavy (non-hydrogen) atoms. The van der Waals surface area contributed by atoms with Crippen LogP contribution in [0.25, 0.3) is 0 Å². The van der Waals surface area contributed by atoms with Gasteiger partial charge in [0, 0.05) is 18.9 Å². The Labute approximate surface area is 214 Å². The maximum absolute atomic E-state index is 12.4. The number of hydrogen-bond donors (Lipinski definition) is 4. The minimum atomic E-state index is -1.52. The highest BCUT2D eigenvalue weighted by atomic mass is 16.7. The third-order valence-electron chi connectivity index (χ3n) is 9.62. The second kappa shape index (κ2) is 8.16. The van der Waals surface area contributed by atoms with E-state index in [9.17, 15) is 25.2 Å². The summed E-state index contributed by atoms with van der Waals surface area (Å²) in [6.07, 6.45) is -4.07. The molecule has 6 heterocycles. The minimum absolute atomic E-state index is 0.0495. The molecule has 10 nitrogen and oxygen atoms in total. The van der Waals surface area contributed by atoms with Gasteiger partial charge >= 0.3 is 5.97 Å². The van der Waals surface area contributed by atoms with E-state index in [0.717, 1.165) is 35.4 Å². The highest BCUT2D eigenvalue weighted by molar-refractivity contribution is 6.08. The molecule has 6 aliphatic heterocycles. The van der Waals surface area contributed by atoms with Gasteiger partial charge < -0.3 is 34.6 Å². The molecule has 7 aliphatic rings. The first-order valence-electron chi connectivity index (χ1n) is 13.1. The average Bonchev–Trinajstić information content (AvgIpc) is 3.36. The molecule has 8 rings (SSSR count). The number of para-hydroxylation sites is 1. The molecule has 13 atom stereocenters. The van der Waals surface area contributed by atoms with E-state index >= 15 is 0 Å². The largest absolute Gasteiger partial charge is 0.461 e. The summed E-state index contributed by atoms with van der Waals surface area (Å²) < 4.78 is 18.3. The van der Waals surface area contributed by atoms with Gasteiger partial charge in [-0.05, 0) is 42.9 Å². The zero-order chi connectivity index (χ0) is 25.8. The van der Waals surface area contributed by atoms with Crippen LogP contribution in [0.3, 0.4) is 0 Å². The van der Waals surface area contributed by atoms with E-state index in [4.69, 9.17) is 19.2 Å². The second-order valence-electron chi connectivity index (χ2n) is 11.1. The molecule has 5 saturated heterocycles. The monoisotopic (exact) mass is 512 g/mol. The van der Waals surface area contributed by atoms with E-state index in [2.05, 4.69) is 11.0 Å². The first-order chi connectivity index (χ1) is 17.8. The van der Waals surface area contributed by atoms with Crippen LogP contribution in [0.5, 0.6) is 0 Å². The molecular weight excluding hydrogens is 480 g/mol. The number of ether oxygens (including phenoxy) is 3. The van der Waals surface area contributed by atoms with Crippen LogP contribution in [0.1, 0.15) is 32.3 Å². The third kappa shape index (κ3) is 2.95. The summed E-state index contributed by atoms with van der Waals surface area (Å²) in [6, 6.07) is 8.10. The number of nitrogens with zero attached hydrogens (tertiary/aromatic N) is 2. The molecular formula is C27H32N2O8. The number of esters is 1. The van der Waals surface area contributed by atoms with Gasteiger partial charge in [-0.25, -0.2) is 0 Å². The van der Waals surface area contributed by atoms with Gasteiger partial charge in [-0.15, -0.1) is 0 Å². The summed E-state index contributed by atoms with van der Waals surface area (Å²) >= 11 is 0. The Hall–Kier alpha value is -2.18. The van der Waals surface area contributed by atoms with Crippen LogP contribution in [0.2, 0.25) is 0 Å². The van der Waals surface area contributed by atoms with E-state index in [1.54, 1.807) is 0 Å². The van der Waals surface area contributed by atoms with Crippen molar-refractivity contribution < 1.29 is 39.4 Å². The summed E-state index contributed by atoms with van der Waals surface area (Å²) in [5.41, 5.74) is 3.57. The van der Waals surface area contributed by atoms with Crippen molar-refractivity contribution in [2.24, 2.45) is 16.8 Å². The van der Waals surface area contributed by atoms with Gasteiger partial charge in [0.1, 0.15) is 36.7 Å². The SMILES string of the molecule is C/C=C1/[C@@H](O[C@@H]2O[C@H](CO)[C@@H](O)[C@H](O)[C@H]2O)N2[C@H]3C[C@@H]1C1C(OC(C)=O)[C@@]4(C[C@@H]12)C3=Nc1ccccc14. The van der Waals surface area contributed by atoms with Crippen LogP contribution in [0, 0.1) is 11.8 Å². The van der Waals surface area contributed by atoms with E-state index < -0.39 is 49.0 Å². The fourth-order valence-corrected chi connectivity index (χ4v) is 8.32. The Morgan fingerprint density at radius 3 is 2.76 bits per heavy atom. The summed E-state index contributed by atoms with van der Waals surface area (Å²) in [6.45, 7) is 2.89. The fourth-order valence-electron chi connectivity index (χ4n) is 8.32. The Morgan fingerprint density at radius 1 is 1.24 bits per heavy atom. The number of hydrogen-bond acceptors (Lipinski definition) is 10. The van der Waals surface area contributed by atoms with E-state index in [-0.39, 0.29) is 36.0 Å². The van der Waals surface area contributed by atoms with Crippen molar-refractivity contribution in [3.8, 4) is 0 Å². The number of fused-ring (bicyclic) bond motifs is 2. The Balaban J connectivity index is 1.30. The topological polar surface area (TPSA) is 141 Å². The molecule has 1 spiro atoms. The number of benzene rings is 1. The number of piperidine rings is 4. The number of carbonyl (C=O) groups is 1. The van der Waals surface area contributed by atoms with Gasteiger partial charge in [-0.3, -0.25) is 14.7 Å². The molecule has 1 aromatic rings. The van der Waals surface area contributed by atoms with E-state index in [0.29, 0.717) is 0 Å². The van der Waals surface area contributed by atoms with Crippen molar-refractivity contribution >= 4 is 17.4 Å². The van der Waals surface area contributed by atoms with E-state index in [1.807, 2.05) is 31.2 Å². The Morgan fingerprint density at radius 2 is 2.03 bits per heavy atom. The Kier molecular flexibility index (Phi) is 5.27. The zero-order valence-electron chi connectivity index (χ0n) is 20.7. The maximum Gasteiger partial charge on any atom is 0.302 e. The summed E-state index contributed by atoms with van der Waals surface area (Å²) in [5.74, 6) is -0.176. The number of carbonyl (C=O) groups excluding carboxylic acids is 1. The highest BCUT2D eigenvalue weighted by Gasteiger charge is 2.75. The van der Waals surface area contributed by atoms with Crippen LogP contribution in [0.4, 0.5) is 5.69 Å². The predicted octanol–water partition coefficient (Wildman–Crippen LogP) is 0.137. The number of allylic oxidation sites excluding steroid dienone is 1. The molecule has 1 aromatic carbocycles. The van der Waals surface area contributed by atoms with Crippen molar-refractivity contribution in [2.45, 2.75) is 87.2 Å². The molecule has 1 aliphatic carbocycles. The van der Waals surface area contributed by atoms with Crippen molar-refractivity contribution in [2.75, 3.05) is 6.61 Å². The molecule has 1 saturated carbocycles. The first kappa shape index (κ1) is 23.9. The molecule has 6 fully saturated rings. The third-order valence-corrected chi connectivity index (χ3v) is 9.62. The molecule has 4 N–H and O–H groups in total. The fraction of sp³-hybridized carbons (Fsp3) is 0.630. The van der Waals surface area contributed by atoms with Crippen molar-refractivity contribution in [1.29, 1.82) is 0 Å². The van der Waals surface area contributed by atoms with Crippen molar-refractivity contribution in [1.82, 2.24) is 4.90 Å². The van der Waals surface area contributed by atoms with Gasteiger partial charge in [0.25, 0.3) is 0 Å². The van der Waals surface area contributed by atoms with Crippen LogP contribution in [-0.2, 0) is 24.4 Å². The summed E-state index contributed by atoms with van der Waals surface area (Å²) in [7, 11) is 0. The van der Waals surface area contributed by atoms with Crippen LogP contribution >= 0.6 is 0 Å². The number of rotatable bonds is 4. The highest BCUT2D eigenvalue weighted by Crippen LogP contribution is 2.67. The standard InChI is InChI=1S/C27H32N2O8/c1-3-12-13-8-16-23-27(14-6-4-5-7-15(14)28-23)9-17(19(13)24(27)35-11(2)31)29(16)25(12)37-26-22(34)21(33)20(32)18(10-30)36-26/h3-7,13,16-22,24-26,30,32-34H,8-10H2,1-2H3/b12-3+/t13-,16-,17-,18+,19?,20+,21-,22+,24?,25+,26-,27+/m0/s1. The number of aliphatic hydroxyl groups is 4. The van der Waals surface area contributed by atoms with Gasteiger partial charge in [0.15, 0.2) is 6.29 Å². The number of aliphatic imine (C=N–C) groups is 1. The van der Waals surface area contributed by atoms with Gasteiger partial charge in [-0.1, -0.05) is 24.3 Å². The smallest absolute Gasteiger partial charge is 0.302 e. The van der Waals surface area contributed by atoms with Crippen LogP contribution in [-0.4, -0.2) is 98.7 Å². The molecule has 10 heteroatoms. The summed E-state index contributed by atoms with van der Waals surface area (Å²) in [4.78, 5) is 19.8. The zero-order valence-corrected chi connectivity index (χ0v) is 20.7. The second-order valence-corrected chi connectivity index (χ2v) is 11.1. The van der Waals surface area contributed by atoms with Gasteiger partial charge in [0.05, 0.1) is 29.5 Å². The molecule has 0 aromatic heterocycles. The van der Waals surface area contributed by atoms with Crippen molar-refractivity contribution in [3.05, 3.63) is 41.5 Å². The van der Waals surface area contributed by atoms with Gasteiger partial charge in [0.2, 0.25) is 0 Å². The maximum atomic E-state index is 12.4. The van der Waals surface area contributed by atoms with Gasteiger partial charge in [-0.2, -0.15) is 0 Å². The lowest BCUT2D eigenvalue weighted by molar-refractivity contribution is -0.328. The molecule has 5 bridgehead atoms. The van der Waals surface area contributed by atoms with Crippen molar-refractivity contribution in [3.63, 3.8) is 0 Å². The lowest BCUT2D eigenvalue weighted by Gasteiger charge is -2.59. The van der Waals surface area contributed by atoms with E-state index in [1.165, 1.54) is 6.92 Å². The number of aliphatic hydroxyl groups excluding tert-OH is 4. The molecule has 0 amide bonds. The molecule has 0 radical (unpaired) electrons. The molecule has 198 valence electrons. The normalized spacial score (nSPS) is 49.7. The lowest BCUT2D eigenvalue weighted by atomic mass is 9.66. The quantitative estimate of drug-likeness (QED) is 0.327. The first-order valence-corrected chi connectivity index (χ1v) is 13.1. The van der Waals surface area contributed by atoms with Crippen LogP contribution in [0.15, 0.2) is 40.9 Å². The lowest BCUT2D eigenvalue weighted by Crippen LogP contribution is -2.70.